The third-order valence-electron chi connectivity index (χ3n) is 4.19. The summed E-state index contributed by atoms with van der Waals surface area (Å²) in [6.45, 7) is 6.39. The van der Waals surface area contributed by atoms with Crippen molar-refractivity contribution in [2.45, 2.75) is 20.8 Å². The van der Waals surface area contributed by atoms with Crippen LogP contribution in [0.1, 0.15) is 17.0 Å². The van der Waals surface area contributed by atoms with E-state index >= 15 is 0 Å². The van der Waals surface area contributed by atoms with Gasteiger partial charge < -0.3 is 4.57 Å². The minimum atomic E-state index is 1.08. The topological polar surface area (TPSA) is 17.8 Å². The fourth-order valence-electron chi connectivity index (χ4n) is 2.98. The maximum Gasteiger partial charge on any atom is 0.124 e. The first kappa shape index (κ1) is 14.2. The highest BCUT2D eigenvalue weighted by atomic mass is 32.1. The summed E-state index contributed by atoms with van der Waals surface area (Å²) in [6, 6.07) is 19.4. The van der Waals surface area contributed by atoms with E-state index < -0.39 is 0 Å². The van der Waals surface area contributed by atoms with E-state index in [2.05, 4.69) is 79.9 Å². The summed E-state index contributed by atoms with van der Waals surface area (Å²) in [5.74, 6) is 0. The van der Waals surface area contributed by atoms with Gasteiger partial charge in [0, 0.05) is 22.6 Å². The lowest BCUT2D eigenvalue weighted by atomic mass is 10.2. The largest absolute Gasteiger partial charge is 0.319 e. The molecule has 2 aromatic carbocycles. The van der Waals surface area contributed by atoms with Crippen molar-refractivity contribution < 1.29 is 0 Å². The summed E-state index contributed by atoms with van der Waals surface area (Å²) in [5, 5.41) is 1.08. The smallest absolute Gasteiger partial charge is 0.124 e. The predicted octanol–water partition coefficient (Wildman–Crippen LogP) is 5.68. The van der Waals surface area contributed by atoms with Gasteiger partial charge in [0.25, 0.3) is 0 Å². The maximum absolute atomic E-state index is 4.76. The highest BCUT2D eigenvalue weighted by Crippen LogP contribution is 2.31. The highest BCUT2D eigenvalue weighted by Gasteiger charge is 2.08. The molecule has 0 fully saturated rings. The molecule has 3 heteroatoms. The van der Waals surface area contributed by atoms with Gasteiger partial charge in [-0.15, -0.1) is 11.3 Å². The summed E-state index contributed by atoms with van der Waals surface area (Å²) in [4.78, 5) is 4.76. The third-order valence-corrected chi connectivity index (χ3v) is 5.25. The van der Waals surface area contributed by atoms with E-state index in [1.807, 2.05) is 0 Å². The number of benzene rings is 2. The van der Waals surface area contributed by atoms with Gasteiger partial charge in [-0.1, -0.05) is 6.07 Å². The second-order valence-electron chi connectivity index (χ2n) is 5.99. The van der Waals surface area contributed by atoms with Crippen molar-refractivity contribution in [3.63, 3.8) is 0 Å². The Balaban J connectivity index is 1.75. The van der Waals surface area contributed by atoms with E-state index in [0.29, 0.717) is 0 Å². The van der Waals surface area contributed by atoms with E-state index in [1.54, 1.807) is 11.3 Å². The van der Waals surface area contributed by atoms with Crippen molar-refractivity contribution in [1.82, 2.24) is 9.55 Å². The molecule has 0 bridgehead atoms. The lowest BCUT2D eigenvalue weighted by Crippen LogP contribution is -1.98. The Labute approximate surface area is 140 Å². The van der Waals surface area contributed by atoms with Crippen LogP contribution < -0.4 is 0 Å². The molecule has 2 nitrogen and oxygen atoms in total. The minimum absolute atomic E-state index is 1.08. The average Bonchev–Trinajstić information content (AvgIpc) is 3.10. The predicted molar refractivity (Wildman–Crippen MR) is 98.6 cm³/mol. The Morgan fingerprint density at radius 3 is 2.22 bits per heavy atom. The molecule has 0 N–H and O–H groups in total. The number of thiazole rings is 1. The highest BCUT2D eigenvalue weighted by molar-refractivity contribution is 7.21. The fraction of sp³-hybridized carbons (Fsp3) is 0.150. The fourth-order valence-corrected chi connectivity index (χ4v) is 4.05. The van der Waals surface area contributed by atoms with Crippen LogP contribution in [0.5, 0.6) is 0 Å². The Bertz CT molecular complexity index is 971. The van der Waals surface area contributed by atoms with Crippen molar-refractivity contribution in [3.05, 3.63) is 71.5 Å². The number of aryl methyl sites for hydroxylation is 3. The van der Waals surface area contributed by atoms with E-state index in [4.69, 9.17) is 4.98 Å². The van der Waals surface area contributed by atoms with Crippen LogP contribution in [-0.4, -0.2) is 9.55 Å². The molecule has 0 aliphatic carbocycles. The molecule has 23 heavy (non-hydrogen) atoms. The van der Waals surface area contributed by atoms with Gasteiger partial charge in [0.2, 0.25) is 0 Å². The molecule has 0 saturated heterocycles. The first-order valence-electron chi connectivity index (χ1n) is 7.75. The zero-order chi connectivity index (χ0) is 16.0. The quantitative estimate of drug-likeness (QED) is 0.465. The summed E-state index contributed by atoms with van der Waals surface area (Å²) < 4.78 is 3.52. The van der Waals surface area contributed by atoms with Gasteiger partial charge in [-0.2, -0.15) is 0 Å². The summed E-state index contributed by atoms with van der Waals surface area (Å²) in [7, 11) is 0. The Morgan fingerprint density at radius 2 is 1.52 bits per heavy atom. The molecule has 0 radical (unpaired) electrons. The van der Waals surface area contributed by atoms with E-state index in [9.17, 15) is 0 Å². The summed E-state index contributed by atoms with van der Waals surface area (Å²) in [6.07, 6.45) is 0. The maximum atomic E-state index is 4.76. The standard InChI is InChI=1S/C20H18N2S/c1-13-4-11-18-19(12-13)23-20(21-18)16-7-9-17(10-8-16)22-14(2)5-6-15(22)3/h4-12H,1-3H3. The SMILES string of the molecule is Cc1ccc2nc(-c3ccc(-n4c(C)ccc4C)cc3)sc2c1. The molecule has 0 aliphatic rings. The number of aromatic nitrogens is 2. The van der Waals surface area contributed by atoms with Gasteiger partial charge >= 0.3 is 0 Å². The zero-order valence-electron chi connectivity index (χ0n) is 13.5. The molecule has 2 heterocycles. The molecule has 114 valence electrons. The van der Waals surface area contributed by atoms with Crippen LogP contribution in [0.15, 0.2) is 54.6 Å². The van der Waals surface area contributed by atoms with Crippen LogP contribution in [0.25, 0.3) is 26.5 Å². The van der Waals surface area contributed by atoms with Gasteiger partial charge in [-0.3, -0.25) is 0 Å². The Morgan fingerprint density at radius 1 is 0.826 bits per heavy atom. The van der Waals surface area contributed by atoms with Crippen LogP contribution in [-0.2, 0) is 0 Å². The molecular formula is C20H18N2S. The second kappa shape index (κ2) is 5.36. The van der Waals surface area contributed by atoms with Gasteiger partial charge in [0.05, 0.1) is 10.2 Å². The van der Waals surface area contributed by atoms with Crippen molar-refractivity contribution in [1.29, 1.82) is 0 Å². The molecule has 0 spiro atoms. The van der Waals surface area contributed by atoms with Gasteiger partial charge in [-0.05, 0) is 74.9 Å². The lowest BCUT2D eigenvalue weighted by molar-refractivity contribution is 0.966. The third kappa shape index (κ3) is 2.47. The number of nitrogens with zero attached hydrogens (tertiary/aromatic N) is 2. The minimum Gasteiger partial charge on any atom is -0.319 e. The van der Waals surface area contributed by atoms with Gasteiger partial charge in [0.15, 0.2) is 0 Å². The first-order valence-corrected chi connectivity index (χ1v) is 8.56. The van der Waals surface area contributed by atoms with Crippen LogP contribution in [0.3, 0.4) is 0 Å². The Hall–Kier alpha value is -2.39. The van der Waals surface area contributed by atoms with E-state index in [0.717, 1.165) is 10.5 Å². The summed E-state index contributed by atoms with van der Waals surface area (Å²) in [5.41, 5.74) is 7.25. The van der Waals surface area contributed by atoms with E-state index in [1.165, 1.54) is 32.9 Å². The van der Waals surface area contributed by atoms with Crippen LogP contribution in [0.4, 0.5) is 0 Å². The van der Waals surface area contributed by atoms with Crippen molar-refractivity contribution in [2.24, 2.45) is 0 Å². The van der Waals surface area contributed by atoms with Gasteiger partial charge in [-0.25, -0.2) is 4.98 Å². The molecule has 0 amide bonds. The molecule has 0 aliphatic heterocycles. The van der Waals surface area contributed by atoms with E-state index in [-0.39, 0.29) is 0 Å². The number of hydrogen-bond donors (Lipinski definition) is 0. The lowest BCUT2D eigenvalue weighted by Gasteiger charge is -2.09. The number of rotatable bonds is 2. The molecule has 0 atom stereocenters. The normalized spacial score (nSPS) is 11.3. The average molecular weight is 318 g/mol. The first-order chi connectivity index (χ1) is 11.1. The van der Waals surface area contributed by atoms with Crippen molar-refractivity contribution >= 4 is 21.6 Å². The number of hydrogen-bond acceptors (Lipinski definition) is 2. The molecular weight excluding hydrogens is 300 g/mol. The van der Waals surface area contributed by atoms with Gasteiger partial charge in [0.1, 0.15) is 5.01 Å². The number of fused-ring (bicyclic) bond motifs is 1. The zero-order valence-corrected chi connectivity index (χ0v) is 14.3. The molecule has 4 rings (SSSR count). The molecule has 0 unspecified atom stereocenters. The molecule has 2 aromatic heterocycles. The van der Waals surface area contributed by atoms with Crippen molar-refractivity contribution in [2.75, 3.05) is 0 Å². The molecule has 0 saturated carbocycles. The second-order valence-corrected chi connectivity index (χ2v) is 7.02. The summed E-state index contributed by atoms with van der Waals surface area (Å²) >= 11 is 1.76. The van der Waals surface area contributed by atoms with Crippen LogP contribution >= 0.6 is 11.3 Å². The molecule has 4 aromatic rings. The van der Waals surface area contributed by atoms with Crippen molar-refractivity contribution in [3.8, 4) is 16.3 Å². The van der Waals surface area contributed by atoms with Crippen LogP contribution in [0, 0.1) is 20.8 Å². The Kier molecular flexibility index (Phi) is 3.31. The van der Waals surface area contributed by atoms with Crippen LogP contribution in [0.2, 0.25) is 0 Å². The monoisotopic (exact) mass is 318 g/mol.